The highest BCUT2D eigenvalue weighted by molar-refractivity contribution is 5.90. The lowest BCUT2D eigenvalue weighted by atomic mass is 9.76. The molecule has 0 saturated heterocycles. The van der Waals surface area contributed by atoms with Crippen molar-refractivity contribution in [2.45, 2.75) is 51.7 Å². The van der Waals surface area contributed by atoms with Gasteiger partial charge in [-0.25, -0.2) is 4.79 Å². The number of primary amides is 1. The maximum atomic E-state index is 12.5. The molecule has 1 aromatic heterocycles. The first-order valence-corrected chi connectivity index (χ1v) is 8.66. The average Bonchev–Trinajstić information content (AvgIpc) is 2.83. The fourth-order valence-corrected chi connectivity index (χ4v) is 3.47. The zero-order valence-corrected chi connectivity index (χ0v) is 16.7. The van der Waals surface area contributed by atoms with Gasteiger partial charge < -0.3 is 15.0 Å². The minimum atomic E-state index is -0.858. The summed E-state index contributed by atoms with van der Waals surface area (Å²) in [6.07, 6.45) is 1.42. The van der Waals surface area contributed by atoms with E-state index in [2.05, 4.69) is 0 Å². The number of nitrogens with two attached hydrogens (primary N) is 1. The molecule has 1 aromatic carbocycles. The number of amides is 2. The molecule has 142 valence electrons. The summed E-state index contributed by atoms with van der Waals surface area (Å²) in [5, 5.41) is 1.03. The van der Waals surface area contributed by atoms with Gasteiger partial charge in [-0.3, -0.25) is 9.69 Å². The van der Waals surface area contributed by atoms with Crippen molar-refractivity contribution < 1.29 is 14.3 Å². The third-order valence-corrected chi connectivity index (χ3v) is 4.61. The Kier molecular flexibility index (Phi) is 5.08. The monoisotopic (exact) mass is 359 g/mol. The van der Waals surface area contributed by atoms with Gasteiger partial charge in [-0.1, -0.05) is 32.0 Å². The van der Waals surface area contributed by atoms with Crippen molar-refractivity contribution in [3.05, 3.63) is 36.0 Å². The summed E-state index contributed by atoms with van der Waals surface area (Å²) >= 11 is 0. The fraction of sp³-hybridized carbons (Fsp3) is 0.500. The van der Waals surface area contributed by atoms with Crippen LogP contribution in [0, 0.1) is 0 Å². The summed E-state index contributed by atoms with van der Waals surface area (Å²) in [4.78, 5) is 26.2. The van der Waals surface area contributed by atoms with Gasteiger partial charge in [0.25, 0.3) is 0 Å². The van der Waals surface area contributed by atoms with Crippen LogP contribution in [-0.2, 0) is 22.0 Å². The van der Waals surface area contributed by atoms with E-state index in [1.807, 2.05) is 55.9 Å². The van der Waals surface area contributed by atoms with Gasteiger partial charge in [0, 0.05) is 36.6 Å². The van der Waals surface area contributed by atoms with E-state index in [4.69, 9.17) is 10.5 Å². The standard InChI is InChI=1S/C20H29N3O3/c1-19(2,3)26-18(25)23(7)16(17(21)24)20(4,5)14-12-22(6)15-11-9-8-10-13(14)15/h8-12,16H,1-7H3,(H2,21,24)/t16-/m1/s1. The van der Waals surface area contributed by atoms with Crippen LogP contribution in [0.25, 0.3) is 10.9 Å². The number of fused-ring (bicyclic) bond motifs is 1. The van der Waals surface area contributed by atoms with E-state index < -0.39 is 29.1 Å². The molecule has 2 N–H and O–H groups in total. The lowest BCUT2D eigenvalue weighted by molar-refractivity contribution is -0.124. The maximum absolute atomic E-state index is 12.5. The molecule has 26 heavy (non-hydrogen) atoms. The minimum absolute atomic E-state index is 0.573. The van der Waals surface area contributed by atoms with Gasteiger partial charge in [-0.05, 0) is 32.4 Å². The number of nitrogens with zero attached hydrogens (tertiary/aromatic N) is 2. The Bertz CT molecular complexity index is 830. The number of carbonyl (C=O) groups is 2. The molecule has 0 radical (unpaired) electrons. The van der Waals surface area contributed by atoms with Gasteiger partial charge >= 0.3 is 6.09 Å². The highest BCUT2D eigenvalue weighted by Crippen LogP contribution is 2.36. The highest BCUT2D eigenvalue weighted by Gasteiger charge is 2.43. The Labute approximate surface area is 154 Å². The molecular weight excluding hydrogens is 330 g/mol. The van der Waals surface area contributed by atoms with E-state index in [9.17, 15) is 9.59 Å². The molecule has 2 aromatic rings. The van der Waals surface area contributed by atoms with Gasteiger partial charge in [0.2, 0.25) is 5.91 Å². The van der Waals surface area contributed by atoms with Crippen LogP contribution in [0.5, 0.6) is 0 Å². The molecule has 0 saturated carbocycles. The Hall–Kier alpha value is -2.50. The van der Waals surface area contributed by atoms with Crippen LogP contribution in [0.1, 0.15) is 40.2 Å². The van der Waals surface area contributed by atoms with Gasteiger partial charge in [-0.2, -0.15) is 0 Å². The first-order chi connectivity index (χ1) is 11.9. The topological polar surface area (TPSA) is 77.6 Å². The van der Waals surface area contributed by atoms with Gasteiger partial charge in [0.05, 0.1) is 0 Å². The second-order valence-corrected chi connectivity index (χ2v) is 8.29. The van der Waals surface area contributed by atoms with Crippen LogP contribution < -0.4 is 5.73 Å². The van der Waals surface area contributed by atoms with E-state index in [-0.39, 0.29) is 0 Å². The Morgan fingerprint density at radius 1 is 1.15 bits per heavy atom. The second-order valence-electron chi connectivity index (χ2n) is 8.29. The SMILES string of the molecule is CN(C(=O)OC(C)(C)C)[C@H](C(N)=O)C(C)(C)c1cn(C)c2ccccc12. The largest absolute Gasteiger partial charge is 0.444 e. The number of para-hydroxylation sites is 1. The minimum Gasteiger partial charge on any atom is -0.444 e. The van der Waals surface area contributed by atoms with Crippen molar-refractivity contribution in [2.24, 2.45) is 12.8 Å². The number of rotatable bonds is 4. The molecule has 6 nitrogen and oxygen atoms in total. The molecule has 0 unspecified atom stereocenters. The van der Waals surface area contributed by atoms with Crippen LogP contribution in [0.15, 0.2) is 30.5 Å². The summed E-state index contributed by atoms with van der Waals surface area (Å²) in [6.45, 7) is 9.20. The van der Waals surface area contributed by atoms with Crippen molar-refractivity contribution in [2.75, 3.05) is 7.05 Å². The number of hydrogen-bond acceptors (Lipinski definition) is 3. The average molecular weight is 359 g/mol. The molecule has 0 bridgehead atoms. The third kappa shape index (κ3) is 3.69. The van der Waals surface area contributed by atoms with Crippen molar-refractivity contribution in [3.8, 4) is 0 Å². The number of carbonyl (C=O) groups excluding carboxylic acids is 2. The summed E-state index contributed by atoms with van der Waals surface area (Å²) in [7, 11) is 3.51. The predicted octanol–water partition coefficient (Wildman–Crippen LogP) is 3.18. The molecule has 0 aliphatic carbocycles. The summed E-state index contributed by atoms with van der Waals surface area (Å²) < 4.78 is 7.44. The van der Waals surface area contributed by atoms with Crippen molar-refractivity contribution in [3.63, 3.8) is 0 Å². The number of hydrogen-bond donors (Lipinski definition) is 1. The van der Waals surface area contributed by atoms with Gasteiger partial charge in [-0.15, -0.1) is 0 Å². The van der Waals surface area contributed by atoms with E-state index in [0.29, 0.717) is 0 Å². The number of likely N-dealkylation sites (N-methyl/N-ethyl adjacent to an activating group) is 1. The zero-order valence-electron chi connectivity index (χ0n) is 16.7. The highest BCUT2D eigenvalue weighted by atomic mass is 16.6. The van der Waals surface area contributed by atoms with Gasteiger partial charge in [0.1, 0.15) is 11.6 Å². The maximum Gasteiger partial charge on any atom is 0.410 e. The zero-order chi connectivity index (χ0) is 19.9. The molecule has 2 amide bonds. The fourth-order valence-electron chi connectivity index (χ4n) is 3.47. The lowest BCUT2D eigenvalue weighted by Crippen LogP contribution is -2.56. The summed E-state index contributed by atoms with van der Waals surface area (Å²) in [6, 6.07) is 7.10. The molecule has 0 aliphatic heterocycles. The molecule has 0 fully saturated rings. The molecule has 6 heteroatoms. The van der Waals surface area contributed by atoms with Crippen LogP contribution in [0.4, 0.5) is 4.79 Å². The Balaban J connectivity index is 2.51. The van der Waals surface area contributed by atoms with E-state index in [1.165, 1.54) is 4.90 Å². The molecule has 0 spiro atoms. The first-order valence-electron chi connectivity index (χ1n) is 8.66. The quantitative estimate of drug-likeness (QED) is 0.911. The number of aryl methyl sites for hydroxylation is 1. The van der Waals surface area contributed by atoms with Crippen LogP contribution in [-0.4, -0.2) is 40.2 Å². The predicted molar refractivity (Wildman–Crippen MR) is 103 cm³/mol. The Morgan fingerprint density at radius 2 is 1.73 bits per heavy atom. The lowest BCUT2D eigenvalue weighted by Gasteiger charge is -2.38. The van der Waals surface area contributed by atoms with Gasteiger partial charge in [0.15, 0.2) is 0 Å². The second kappa shape index (κ2) is 6.67. The van der Waals surface area contributed by atoms with Crippen molar-refractivity contribution in [1.82, 2.24) is 9.47 Å². The van der Waals surface area contributed by atoms with Crippen molar-refractivity contribution >= 4 is 22.9 Å². The van der Waals surface area contributed by atoms with Crippen LogP contribution in [0.2, 0.25) is 0 Å². The van der Waals surface area contributed by atoms with E-state index in [0.717, 1.165) is 16.5 Å². The summed E-state index contributed by atoms with van der Waals surface area (Å²) in [5.41, 5.74) is 6.36. The van der Waals surface area contributed by atoms with Crippen molar-refractivity contribution in [1.29, 1.82) is 0 Å². The van der Waals surface area contributed by atoms with Crippen LogP contribution in [0.3, 0.4) is 0 Å². The van der Waals surface area contributed by atoms with E-state index in [1.54, 1.807) is 27.8 Å². The number of aromatic nitrogens is 1. The smallest absolute Gasteiger partial charge is 0.410 e. The normalized spacial score (nSPS) is 13.5. The first kappa shape index (κ1) is 19.8. The molecule has 1 atom stereocenters. The summed E-state index contributed by atoms with van der Waals surface area (Å²) in [5.74, 6) is -0.573. The molecule has 0 aliphatic rings. The Morgan fingerprint density at radius 3 is 2.27 bits per heavy atom. The molecule has 1 heterocycles. The molecule has 2 rings (SSSR count). The van der Waals surface area contributed by atoms with Crippen LogP contribution >= 0.6 is 0 Å². The molecular formula is C20H29N3O3. The van der Waals surface area contributed by atoms with E-state index >= 15 is 0 Å². The number of benzene rings is 1. The third-order valence-electron chi connectivity index (χ3n) is 4.61. The number of ether oxygens (including phenoxy) is 1.